The Morgan fingerprint density at radius 2 is 2.07 bits per heavy atom. The SMILES string of the molecule is O=c1ccsn1Cc1ccccc1Cl. The Morgan fingerprint density at radius 1 is 1.29 bits per heavy atom. The van der Waals surface area contributed by atoms with Crippen LogP contribution in [0.3, 0.4) is 0 Å². The third-order valence-corrected chi connectivity index (χ3v) is 3.11. The molecule has 1 aromatic heterocycles. The monoisotopic (exact) mass is 225 g/mol. The summed E-state index contributed by atoms with van der Waals surface area (Å²) in [4.78, 5) is 11.3. The molecule has 0 aliphatic carbocycles. The Balaban J connectivity index is 2.32. The minimum atomic E-state index is 0.0231. The zero-order valence-electron chi connectivity index (χ0n) is 7.31. The average Bonchev–Trinajstić information content (AvgIpc) is 2.56. The molecule has 0 bridgehead atoms. The maximum Gasteiger partial charge on any atom is 0.260 e. The maximum atomic E-state index is 11.3. The van der Waals surface area contributed by atoms with E-state index in [1.54, 1.807) is 15.4 Å². The lowest BCUT2D eigenvalue weighted by atomic mass is 10.2. The van der Waals surface area contributed by atoms with Crippen molar-refractivity contribution in [2.45, 2.75) is 6.54 Å². The number of benzene rings is 1. The summed E-state index contributed by atoms with van der Waals surface area (Å²) in [6.45, 7) is 0.552. The fourth-order valence-corrected chi connectivity index (χ4v) is 2.09. The first-order chi connectivity index (χ1) is 6.77. The first-order valence-corrected chi connectivity index (χ1v) is 5.37. The summed E-state index contributed by atoms with van der Waals surface area (Å²) in [5.74, 6) is 0. The van der Waals surface area contributed by atoms with Gasteiger partial charge in [-0.25, -0.2) is 0 Å². The molecule has 0 radical (unpaired) electrons. The van der Waals surface area contributed by atoms with Crippen LogP contribution in [-0.4, -0.2) is 3.96 Å². The zero-order chi connectivity index (χ0) is 9.97. The predicted molar refractivity (Wildman–Crippen MR) is 59.1 cm³/mol. The number of hydrogen-bond acceptors (Lipinski definition) is 2. The van der Waals surface area contributed by atoms with Crippen molar-refractivity contribution in [1.82, 2.24) is 3.96 Å². The van der Waals surface area contributed by atoms with Gasteiger partial charge in [0.2, 0.25) is 0 Å². The van der Waals surface area contributed by atoms with Crippen LogP contribution in [0.2, 0.25) is 5.02 Å². The van der Waals surface area contributed by atoms with Crippen molar-refractivity contribution in [3.8, 4) is 0 Å². The van der Waals surface area contributed by atoms with Gasteiger partial charge in [-0.2, -0.15) is 0 Å². The summed E-state index contributed by atoms with van der Waals surface area (Å²) >= 11 is 7.38. The molecule has 1 heterocycles. The van der Waals surface area contributed by atoms with Crippen LogP contribution in [0.15, 0.2) is 40.5 Å². The highest BCUT2D eigenvalue weighted by atomic mass is 35.5. The van der Waals surface area contributed by atoms with Crippen molar-refractivity contribution in [2.75, 3.05) is 0 Å². The minimum absolute atomic E-state index is 0.0231. The van der Waals surface area contributed by atoms with E-state index in [4.69, 9.17) is 11.6 Å². The molecule has 14 heavy (non-hydrogen) atoms. The smallest absolute Gasteiger partial charge is 0.260 e. The summed E-state index contributed by atoms with van der Waals surface area (Å²) in [6, 6.07) is 9.11. The second-order valence-electron chi connectivity index (χ2n) is 2.87. The van der Waals surface area contributed by atoms with E-state index in [-0.39, 0.29) is 5.56 Å². The molecule has 0 saturated heterocycles. The topological polar surface area (TPSA) is 22.0 Å². The van der Waals surface area contributed by atoms with Gasteiger partial charge in [-0.05, 0) is 11.6 Å². The van der Waals surface area contributed by atoms with Crippen LogP contribution < -0.4 is 5.56 Å². The van der Waals surface area contributed by atoms with Gasteiger partial charge in [0.1, 0.15) is 0 Å². The Kier molecular flexibility index (Phi) is 2.70. The van der Waals surface area contributed by atoms with E-state index < -0.39 is 0 Å². The zero-order valence-corrected chi connectivity index (χ0v) is 8.89. The van der Waals surface area contributed by atoms with Gasteiger partial charge in [-0.3, -0.25) is 8.75 Å². The standard InChI is InChI=1S/C10H8ClNOS/c11-9-4-2-1-3-8(9)7-12-10(13)5-6-14-12/h1-6H,7H2. The molecule has 0 N–H and O–H groups in total. The summed E-state index contributed by atoms with van der Waals surface area (Å²) in [5.41, 5.74) is 0.994. The van der Waals surface area contributed by atoms with Gasteiger partial charge in [0.25, 0.3) is 5.56 Å². The van der Waals surface area contributed by atoms with Crippen molar-refractivity contribution in [3.05, 3.63) is 56.7 Å². The summed E-state index contributed by atoms with van der Waals surface area (Å²) in [7, 11) is 0. The van der Waals surface area contributed by atoms with Crippen LogP contribution in [0.4, 0.5) is 0 Å². The largest absolute Gasteiger partial charge is 0.268 e. The van der Waals surface area contributed by atoms with E-state index in [9.17, 15) is 4.79 Å². The van der Waals surface area contributed by atoms with Crippen LogP contribution in [0.1, 0.15) is 5.56 Å². The lowest BCUT2D eigenvalue weighted by Crippen LogP contribution is -2.12. The van der Waals surface area contributed by atoms with Gasteiger partial charge in [0, 0.05) is 16.5 Å². The molecule has 2 rings (SSSR count). The molecule has 2 nitrogen and oxygen atoms in total. The third-order valence-electron chi connectivity index (χ3n) is 1.92. The molecule has 0 saturated carbocycles. The van der Waals surface area contributed by atoms with Crippen molar-refractivity contribution in [1.29, 1.82) is 0 Å². The number of hydrogen-bond donors (Lipinski definition) is 0. The molecule has 0 aliphatic rings. The average molecular weight is 226 g/mol. The van der Waals surface area contributed by atoms with Crippen LogP contribution in [0.5, 0.6) is 0 Å². The Hall–Kier alpha value is -1.06. The van der Waals surface area contributed by atoms with Crippen LogP contribution >= 0.6 is 23.1 Å². The van der Waals surface area contributed by atoms with Gasteiger partial charge in [-0.15, -0.1) is 0 Å². The highest BCUT2D eigenvalue weighted by Gasteiger charge is 2.01. The van der Waals surface area contributed by atoms with Crippen molar-refractivity contribution in [3.63, 3.8) is 0 Å². The van der Waals surface area contributed by atoms with Crippen molar-refractivity contribution in [2.24, 2.45) is 0 Å². The minimum Gasteiger partial charge on any atom is -0.268 e. The molecular weight excluding hydrogens is 218 g/mol. The fourth-order valence-electron chi connectivity index (χ4n) is 1.19. The van der Waals surface area contributed by atoms with E-state index in [0.29, 0.717) is 11.6 Å². The highest BCUT2D eigenvalue weighted by Crippen LogP contribution is 2.16. The molecule has 2 aromatic rings. The van der Waals surface area contributed by atoms with Crippen LogP contribution in [-0.2, 0) is 6.54 Å². The first-order valence-electron chi connectivity index (χ1n) is 4.15. The summed E-state index contributed by atoms with van der Waals surface area (Å²) in [6.07, 6.45) is 0. The lowest BCUT2D eigenvalue weighted by Gasteiger charge is -2.02. The Bertz CT molecular complexity index is 489. The second-order valence-corrected chi connectivity index (χ2v) is 4.21. The molecule has 1 aromatic carbocycles. The molecule has 4 heteroatoms. The molecule has 0 spiro atoms. The Labute approximate surface area is 90.5 Å². The predicted octanol–water partition coefficient (Wildman–Crippen LogP) is 2.61. The molecule has 0 amide bonds. The highest BCUT2D eigenvalue weighted by molar-refractivity contribution is 7.04. The van der Waals surface area contributed by atoms with Gasteiger partial charge < -0.3 is 0 Å². The van der Waals surface area contributed by atoms with E-state index in [0.717, 1.165) is 5.56 Å². The van der Waals surface area contributed by atoms with Gasteiger partial charge in [0.05, 0.1) is 6.54 Å². The number of aromatic nitrogens is 1. The van der Waals surface area contributed by atoms with Crippen LogP contribution in [0, 0.1) is 0 Å². The quantitative estimate of drug-likeness (QED) is 0.770. The molecule has 0 unspecified atom stereocenters. The van der Waals surface area contributed by atoms with Crippen molar-refractivity contribution >= 4 is 23.1 Å². The molecular formula is C10H8ClNOS. The normalized spacial score (nSPS) is 10.4. The Morgan fingerprint density at radius 3 is 2.71 bits per heavy atom. The number of rotatable bonds is 2. The van der Waals surface area contributed by atoms with E-state index in [1.165, 1.54) is 11.5 Å². The first kappa shape index (κ1) is 9.49. The second kappa shape index (κ2) is 3.98. The third kappa shape index (κ3) is 1.89. The van der Waals surface area contributed by atoms with E-state index in [2.05, 4.69) is 0 Å². The summed E-state index contributed by atoms with van der Waals surface area (Å²) < 4.78 is 1.67. The molecule has 72 valence electrons. The van der Waals surface area contributed by atoms with Crippen molar-refractivity contribution < 1.29 is 0 Å². The molecule has 0 atom stereocenters. The molecule has 0 fully saturated rings. The molecule has 0 aliphatic heterocycles. The van der Waals surface area contributed by atoms with Gasteiger partial charge in [0.15, 0.2) is 0 Å². The van der Waals surface area contributed by atoms with Crippen LogP contribution in [0.25, 0.3) is 0 Å². The van der Waals surface area contributed by atoms with E-state index >= 15 is 0 Å². The fraction of sp³-hybridized carbons (Fsp3) is 0.100. The maximum absolute atomic E-state index is 11.3. The van der Waals surface area contributed by atoms with E-state index in [1.807, 2.05) is 24.3 Å². The number of nitrogens with zero attached hydrogens (tertiary/aromatic N) is 1. The van der Waals surface area contributed by atoms with Gasteiger partial charge >= 0.3 is 0 Å². The summed E-state index contributed by atoms with van der Waals surface area (Å²) in [5, 5.41) is 2.48. The van der Waals surface area contributed by atoms with Gasteiger partial charge in [-0.1, -0.05) is 41.3 Å². The number of halogens is 1. The lowest BCUT2D eigenvalue weighted by molar-refractivity contribution is 0.850.